The second kappa shape index (κ2) is 15.3. The molecule has 0 N–H and O–H groups in total. The predicted molar refractivity (Wildman–Crippen MR) is 152 cm³/mol. The van der Waals surface area contributed by atoms with Crippen LogP contribution in [0.3, 0.4) is 0 Å². The third-order valence-corrected chi connectivity index (χ3v) is 7.71. The van der Waals surface area contributed by atoms with Gasteiger partial charge in [0.2, 0.25) is 0 Å². The minimum absolute atomic E-state index is 0.177. The Kier molecular flexibility index (Phi) is 11.0. The molecule has 5 heteroatoms. The molecule has 1 saturated heterocycles. The summed E-state index contributed by atoms with van der Waals surface area (Å²) in [5.74, 6) is 0.617. The van der Waals surface area contributed by atoms with Crippen LogP contribution in [-0.4, -0.2) is 37.8 Å². The first-order valence-electron chi connectivity index (χ1n) is 14.5. The lowest BCUT2D eigenvalue weighted by Crippen LogP contribution is -2.53. The summed E-state index contributed by atoms with van der Waals surface area (Å²) >= 11 is 0. The lowest BCUT2D eigenvalue weighted by molar-refractivity contribution is -0.280. The molecule has 2 aliphatic rings. The summed E-state index contributed by atoms with van der Waals surface area (Å²) in [6.07, 6.45) is 5.96. The van der Waals surface area contributed by atoms with Crippen molar-refractivity contribution in [1.82, 2.24) is 0 Å². The standard InChI is InChI=1S/C34H42O5/c1-5-13-27(14-6-1)22-35-26-32-34(38-25-30-19-11-4-12-20-30)31(36-23-28-15-7-2-8-16-28)21-33(39-32)37-24-29-17-9-3-10-18-29/h1-2,4-8,11-16,19-20,29,31-34H,3,9-10,17-18,21-26H2/t31-,32-,33-,34+/m1/s1. The Hall–Kier alpha value is -2.54. The predicted octanol–water partition coefficient (Wildman–Crippen LogP) is 7.09. The second-order valence-electron chi connectivity index (χ2n) is 10.8. The van der Waals surface area contributed by atoms with Crippen LogP contribution in [0, 0.1) is 5.92 Å². The van der Waals surface area contributed by atoms with Gasteiger partial charge in [-0.1, -0.05) is 110 Å². The Morgan fingerprint density at radius 3 is 1.77 bits per heavy atom. The quantitative estimate of drug-likeness (QED) is 0.236. The molecule has 1 aliphatic carbocycles. The third-order valence-electron chi connectivity index (χ3n) is 7.71. The van der Waals surface area contributed by atoms with Gasteiger partial charge in [0, 0.05) is 6.42 Å². The van der Waals surface area contributed by atoms with Gasteiger partial charge in [-0.2, -0.15) is 0 Å². The molecule has 5 rings (SSSR count). The van der Waals surface area contributed by atoms with E-state index in [0.717, 1.165) is 23.3 Å². The average Bonchev–Trinajstić information content (AvgIpc) is 3.00. The van der Waals surface area contributed by atoms with Gasteiger partial charge in [0.25, 0.3) is 0 Å². The molecule has 0 bridgehead atoms. The molecule has 208 valence electrons. The SMILES string of the molecule is c1ccc(COC[C@H]2O[C@@H](OCC3CCCCC3)C[C@@H](OCc3ccccc3)[C@@H]2OCc2ccccc2)cc1. The van der Waals surface area contributed by atoms with Crippen LogP contribution in [0.1, 0.15) is 55.2 Å². The van der Waals surface area contributed by atoms with E-state index < -0.39 is 0 Å². The van der Waals surface area contributed by atoms with E-state index in [9.17, 15) is 0 Å². The van der Waals surface area contributed by atoms with Gasteiger partial charge in [-0.3, -0.25) is 0 Å². The van der Waals surface area contributed by atoms with E-state index in [-0.39, 0.29) is 24.6 Å². The zero-order valence-corrected chi connectivity index (χ0v) is 22.9. The van der Waals surface area contributed by atoms with E-state index in [4.69, 9.17) is 23.7 Å². The van der Waals surface area contributed by atoms with Gasteiger partial charge < -0.3 is 23.7 Å². The molecular weight excluding hydrogens is 488 g/mol. The highest BCUT2D eigenvalue weighted by Gasteiger charge is 2.41. The Balaban J connectivity index is 1.28. The van der Waals surface area contributed by atoms with Gasteiger partial charge in [0.05, 0.1) is 39.1 Å². The van der Waals surface area contributed by atoms with Crippen LogP contribution in [-0.2, 0) is 43.5 Å². The molecule has 39 heavy (non-hydrogen) atoms. The maximum Gasteiger partial charge on any atom is 0.160 e. The first kappa shape index (κ1) is 28.0. The summed E-state index contributed by atoms with van der Waals surface area (Å²) in [5.41, 5.74) is 3.40. The molecule has 4 atom stereocenters. The second-order valence-corrected chi connectivity index (χ2v) is 10.8. The highest BCUT2D eigenvalue weighted by Crippen LogP contribution is 2.30. The van der Waals surface area contributed by atoms with Gasteiger partial charge in [0.1, 0.15) is 12.2 Å². The molecule has 3 aromatic rings. The smallest absolute Gasteiger partial charge is 0.160 e. The van der Waals surface area contributed by atoms with Crippen molar-refractivity contribution in [2.45, 2.75) is 82.9 Å². The molecule has 0 aromatic heterocycles. The van der Waals surface area contributed by atoms with Gasteiger partial charge >= 0.3 is 0 Å². The molecule has 2 fully saturated rings. The number of rotatable bonds is 13. The molecule has 0 spiro atoms. The maximum atomic E-state index is 6.55. The fourth-order valence-corrected chi connectivity index (χ4v) is 5.52. The van der Waals surface area contributed by atoms with Crippen molar-refractivity contribution in [3.05, 3.63) is 108 Å². The van der Waals surface area contributed by atoms with Crippen molar-refractivity contribution in [3.8, 4) is 0 Å². The minimum Gasteiger partial charge on any atom is -0.374 e. The Morgan fingerprint density at radius 1 is 0.590 bits per heavy atom. The van der Waals surface area contributed by atoms with Gasteiger partial charge in [-0.25, -0.2) is 0 Å². The monoisotopic (exact) mass is 530 g/mol. The van der Waals surface area contributed by atoms with Crippen LogP contribution in [0.25, 0.3) is 0 Å². The summed E-state index contributed by atoms with van der Waals surface area (Å²) in [6.45, 7) is 2.67. The van der Waals surface area contributed by atoms with E-state index >= 15 is 0 Å². The first-order chi connectivity index (χ1) is 19.3. The number of hydrogen-bond donors (Lipinski definition) is 0. The molecular formula is C34H42O5. The largest absolute Gasteiger partial charge is 0.374 e. The Labute approximate surface area is 233 Å². The first-order valence-corrected chi connectivity index (χ1v) is 14.5. The van der Waals surface area contributed by atoms with Crippen LogP contribution < -0.4 is 0 Å². The molecule has 1 heterocycles. The lowest BCUT2D eigenvalue weighted by Gasteiger charge is -2.41. The van der Waals surface area contributed by atoms with Crippen LogP contribution in [0.4, 0.5) is 0 Å². The maximum absolute atomic E-state index is 6.55. The number of ether oxygens (including phenoxy) is 5. The fourth-order valence-electron chi connectivity index (χ4n) is 5.52. The van der Waals surface area contributed by atoms with E-state index in [2.05, 4.69) is 36.4 Å². The molecule has 3 aromatic carbocycles. The summed E-state index contributed by atoms with van der Waals surface area (Å²) < 4.78 is 32.2. The fraction of sp³-hybridized carbons (Fsp3) is 0.471. The van der Waals surface area contributed by atoms with Crippen molar-refractivity contribution < 1.29 is 23.7 Å². The molecule has 0 amide bonds. The minimum atomic E-state index is -0.338. The van der Waals surface area contributed by atoms with Crippen molar-refractivity contribution in [2.24, 2.45) is 5.92 Å². The van der Waals surface area contributed by atoms with E-state index in [1.165, 1.54) is 32.1 Å². The summed E-state index contributed by atoms with van der Waals surface area (Å²) in [6, 6.07) is 30.8. The number of benzene rings is 3. The topological polar surface area (TPSA) is 46.2 Å². The van der Waals surface area contributed by atoms with Crippen molar-refractivity contribution in [3.63, 3.8) is 0 Å². The summed E-state index contributed by atoms with van der Waals surface area (Å²) in [7, 11) is 0. The molecule has 5 nitrogen and oxygen atoms in total. The third kappa shape index (κ3) is 8.99. The van der Waals surface area contributed by atoms with Crippen molar-refractivity contribution >= 4 is 0 Å². The molecule has 1 saturated carbocycles. The summed E-state index contributed by atoms with van der Waals surface area (Å²) in [5, 5.41) is 0. The van der Waals surface area contributed by atoms with Crippen LogP contribution in [0.15, 0.2) is 91.0 Å². The lowest BCUT2D eigenvalue weighted by atomic mass is 9.90. The Bertz CT molecular complexity index is 1050. The van der Waals surface area contributed by atoms with E-state index in [1.54, 1.807) is 0 Å². The highest BCUT2D eigenvalue weighted by atomic mass is 16.7. The van der Waals surface area contributed by atoms with Gasteiger partial charge in [-0.05, 0) is 35.4 Å². The normalized spacial score (nSPS) is 24.0. The van der Waals surface area contributed by atoms with E-state index in [0.29, 0.717) is 38.8 Å². The van der Waals surface area contributed by atoms with Crippen LogP contribution >= 0.6 is 0 Å². The molecule has 0 unspecified atom stereocenters. The zero-order chi connectivity index (χ0) is 26.5. The van der Waals surface area contributed by atoms with Gasteiger partial charge in [0.15, 0.2) is 6.29 Å². The number of hydrogen-bond acceptors (Lipinski definition) is 5. The Morgan fingerprint density at radius 2 is 1.15 bits per heavy atom. The summed E-state index contributed by atoms with van der Waals surface area (Å²) in [4.78, 5) is 0. The highest BCUT2D eigenvalue weighted by molar-refractivity contribution is 5.15. The average molecular weight is 531 g/mol. The van der Waals surface area contributed by atoms with Crippen LogP contribution in [0.5, 0.6) is 0 Å². The molecule has 1 aliphatic heterocycles. The van der Waals surface area contributed by atoms with Crippen molar-refractivity contribution in [2.75, 3.05) is 13.2 Å². The van der Waals surface area contributed by atoms with E-state index in [1.807, 2.05) is 54.6 Å². The van der Waals surface area contributed by atoms with Crippen molar-refractivity contribution in [1.29, 1.82) is 0 Å². The zero-order valence-electron chi connectivity index (χ0n) is 22.9. The van der Waals surface area contributed by atoms with Gasteiger partial charge in [-0.15, -0.1) is 0 Å². The molecule has 0 radical (unpaired) electrons. The van der Waals surface area contributed by atoms with Crippen LogP contribution in [0.2, 0.25) is 0 Å².